The molecule has 1 aromatic carbocycles. The number of hydrazine groups is 1. The lowest BCUT2D eigenvalue weighted by Crippen LogP contribution is -2.42. The number of carbonyl (C=O) groups is 2. The van der Waals surface area contributed by atoms with Gasteiger partial charge < -0.3 is 5.32 Å². The molecular formula is C9H10BrN3O2. The maximum atomic E-state index is 11.2. The Balaban J connectivity index is 2.44. The molecule has 0 aliphatic rings. The van der Waals surface area contributed by atoms with E-state index in [1.165, 1.54) is 6.92 Å². The van der Waals surface area contributed by atoms with Crippen LogP contribution in [0.25, 0.3) is 0 Å². The molecule has 0 aromatic heterocycles. The van der Waals surface area contributed by atoms with Crippen LogP contribution in [0.3, 0.4) is 0 Å². The van der Waals surface area contributed by atoms with Crippen LogP contribution in [0.1, 0.15) is 6.92 Å². The molecule has 0 heterocycles. The molecule has 0 aliphatic heterocycles. The third kappa shape index (κ3) is 4.46. The van der Waals surface area contributed by atoms with Crippen molar-refractivity contribution in [3.63, 3.8) is 0 Å². The summed E-state index contributed by atoms with van der Waals surface area (Å²) in [6.07, 6.45) is 0. The van der Waals surface area contributed by atoms with E-state index in [4.69, 9.17) is 0 Å². The number of benzene rings is 1. The van der Waals surface area contributed by atoms with Gasteiger partial charge in [0.2, 0.25) is 5.91 Å². The molecule has 0 radical (unpaired) electrons. The second kappa shape index (κ2) is 5.35. The molecule has 80 valence electrons. The predicted molar refractivity (Wildman–Crippen MR) is 60.1 cm³/mol. The van der Waals surface area contributed by atoms with Crippen molar-refractivity contribution in [1.29, 1.82) is 0 Å². The first-order valence-corrected chi connectivity index (χ1v) is 4.96. The third-order valence-corrected chi connectivity index (χ3v) is 1.98. The number of hydrogen-bond acceptors (Lipinski definition) is 2. The zero-order chi connectivity index (χ0) is 11.3. The van der Waals surface area contributed by atoms with Crippen molar-refractivity contribution in [3.05, 3.63) is 28.7 Å². The number of anilines is 1. The summed E-state index contributed by atoms with van der Waals surface area (Å²) in [5.74, 6) is -0.332. The largest absolute Gasteiger partial charge is 0.337 e. The van der Waals surface area contributed by atoms with Gasteiger partial charge in [0.25, 0.3) is 0 Å². The highest BCUT2D eigenvalue weighted by Crippen LogP contribution is 2.13. The molecule has 3 N–H and O–H groups in total. The van der Waals surface area contributed by atoms with Gasteiger partial charge in [0.15, 0.2) is 0 Å². The van der Waals surface area contributed by atoms with Crippen molar-refractivity contribution in [2.75, 3.05) is 5.32 Å². The lowest BCUT2D eigenvalue weighted by Gasteiger charge is -2.07. The van der Waals surface area contributed by atoms with Crippen LogP contribution < -0.4 is 16.2 Å². The molecule has 5 nitrogen and oxygen atoms in total. The molecule has 0 spiro atoms. The third-order valence-electron chi connectivity index (χ3n) is 1.45. The second-order valence-electron chi connectivity index (χ2n) is 2.77. The summed E-state index contributed by atoms with van der Waals surface area (Å²) in [4.78, 5) is 21.6. The number of urea groups is 1. The van der Waals surface area contributed by atoms with Crippen molar-refractivity contribution < 1.29 is 9.59 Å². The smallest absolute Gasteiger partial charge is 0.307 e. The summed E-state index contributed by atoms with van der Waals surface area (Å²) in [5.41, 5.74) is 4.99. The van der Waals surface area contributed by atoms with E-state index < -0.39 is 6.03 Å². The number of carbonyl (C=O) groups excluding carboxylic acids is 2. The van der Waals surface area contributed by atoms with Crippen LogP contribution in [-0.4, -0.2) is 11.9 Å². The van der Waals surface area contributed by atoms with Crippen LogP contribution in [-0.2, 0) is 4.79 Å². The van der Waals surface area contributed by atoms with Gasteiger partial charge in [-0.1, -0.05) is 15.9 Å². The highest BCUT2D eigenvalue weighted by atomic mass is 79.9. The van der Waals surface area contributed by atoms with Gasteiger partial charge in [-0.15, -0.1) is 0 Å². The van der Waals surface area contributed by atoms with Gasteiger partial charge in [-0.25, -0.2) is 10.2 Å². The fraction of sp³-hybridized carbons (Fsp3) is 0.111. The quantitative estimate of drug-likeness (QED) is 0.680. The van der Waals surface area contributed by atoms with Crippen LogP contribution in [0.15, 0.2) is 28.7 Å². The zero-order valence-corrected chi connectivity index (χ0v) is 9.59. The summed E-state index contributed by atoms with van der Waals surface area (Å²) >= 11 is 3.28. The van der Waals surface area contributed by atoms with Gasteiger partial charge in [-0.05, 0) is 24.3 Å². The van der Waals surface area contributed by atoms with E-state index in [0.717, 1.165) is 4.47 Å². The number of nitrogens with one attached hydrogen (secondary N) is 3. The first-order chi connectivity index (χ1) is 7.08. The molecule has 0 unspecified atom stereocenters. The molecule has 1 rings (SSSR count). The van der Waals surface area contributed by atoms with E-state index in [-0.39, 0.29) is 5.91 Å². The minimum atomic E-state index is -0.493. The summed E-state index contributed by atoms with van der Waals surface area (Å²) in [6, 6.07) is 6.57. The Hall–Kier alpha value is -1.56. The van der Waals surface area contributed by atoms with Crippen LogP contribution >= 0.6 is 15.9 Å². The second-order valence-corrected chi connectivity index (χ2v) is 3.68. The Morgan fingerprint density at radius 2 is 1.73 bits per heavy atom. The summed E-state index contributed by atoms with van der Waals surface area (Å²) in [5, 5.41) is 2.54. The van der Waals surface area contributed by atoms with Gasteiger partial charge in [0.05, 0.1) is 0 Å². The molecule has 6 heteroatoms. The predicted octanol–water partition coefficient (Wildman–Crippen LogP) is 1.62. The first-order valence-electron chi connectivity index (χ1n) is 4.17. The fourth-order valence-electron chi connectivity index (χ4n) is 0.840. The van der Waals surface area contributed by atoms with Crippen LogP contribution in [0, 0.1) is 0 Å². The fourth-order valence-corrected chi connectivity index (χ4v) is 1.10. The normalized spacial score (nSPS) is 9.20. The SMILES string of the molecule is CC(=O)NNC(=O)Nc1ccc(Br)cc1. The topological polar surface area (TPSA) is 70.2 Å². The molecule has 0 saturated carbocycles. The minimum Gasteiger partial charge on any atom is -0.307 e. The van der Waals surface area contributed by atoms with Crippen LogP contribution in [0.5, 0.6) is 0 Å². The maximum Gasteiger partial charge on any atom is 0.337 e. The van der Waals surface area contributed by atoms with Gasteiger partial charge in [-0.2, -0.15) is 0 Å². The lowest BCUT2D eigenvalue weighted by molar-refractivity contribution is -0.119. The lowest BCUT2D eigenvalue weighted by atomic mass is 10.3. The molecule has 0 aliphatic carbocycles. The van der Waals surface area contributed by atoms with Crippen molar-refractivity contribution >= 4 is 33.6 Å². The Bertz CT molecular complexity index is 364. The molecular weight excluding hydrogens is 262 g/mol. The van der Waals surface area contributed by atoms with Gasteiger partial charge in [0.1, 0.15) is 0 Å². The molecule has 1 aromatic rings. The van der Waals surface area contributed by atoms with Crippen molar-refractivity contribution in [3.8, 4) is 0 Å². The van der Waals surface area contributed by atoms with E-state index >= 15 is 0 Å². The Kier molecular flexibility index (Phi) is 4.11. The maximum absolute atomic E-state index is 11.2. The number of amides is 3. The monoisotopic (exact) mass is 271 g/mol. The number of rotatable bonds is 1. The van der Waals surface area contributed by atoms with Crippen LogP contribution in [0.4, 0.5) is 10.5 Å². The summed E-state index contributed by atoms with van der Waals surface area (Å²) in [6.45, 7) is 1.31. The zero-order valence-electron chi connectivity index (χ0n) is 8.00. The Labute approximate surface area is 95.3 Å². The molecule has 0 saturated heterocycles. The average Bonchev–Trinajstić information content (AvgIpc) is 2.19. The van der Waals surface area contributed by atoms with Gasteiger partial charge in [0, 0.05) is 17.1 Å². The molecule has 3 amide bonds. The van der Waals surface area contributed by atoms with E-state index in [1.54, 1.807) is 24.3 Å². The molecule has 0 fully saturated rings. The van der Waals surface area contributed by atoms with Crippen molar-refractivity contribution in [2.45, 2.75) is 6.92 Å². The van der Waals surface area contributed by atoms with Gasteiger partial charge >= 0.3 is 6.03 Å². The minimum absolute atomic E-state index is 0.332. The number of halogens is 1. The highest BCUT2D eigenvalue weighted by Gasteiger charge is 2.00. The standard InChI is InChI=1S/C9H10BrN3O2/c1-6(14)12-13-9(15)11-8-4-2-7(10)3-5-8/h2-5H,1H3,(H,12,14)(H2,11,13,15). The summed E-state index contributed by atoms with van der Waals surface area (Å²) in [7, 11) is 0. The first kappa shape index (κ1) is 11.5. The summed E-state index contributed by atoms with van der Waals surface area (Å²) < 4.78 is 0.926. The van der Waals surface area contributed by atoms with Crippen LogP contribution in [0.2, 0.25) is 0 Å². The average molecular weight is 272 g/mol. The molecule has 15 heavy (non-hydrogen) atoms. The molecule has 0 bridgehead atoms. The van der Waals surface area contributed by atoms with Crippen molar-refractivity contribution in [1.82, 2.24) is 10.9 Å². The van der Waals surface area contributed by atoms with E-state index in [9.17, 15) is 9.59 Å². The van der Waals surface area contributed by atoms with Gasteiger partial charge in [-0.3, -0.25) is 10.2 Å². The number of hydrogen-bond donors (Lipinski definition) is 3. The van der Waals surface area contributed by atoms with E-state index in [2.05, 4.69) is 32.1 Å². The molecule has 0 atom stereocenters. The highest BCUT2D eigenvalue weighted by molar-refractivity contribution is 9.10. The Morgan fingerprint density at radius 3 is 2.27 bits per heavy atom. The van der Waals surface area contributed by atoms with E-state index in [1.807, 2.05) is 0 Å². The van der Waals surface area contributed by atoms with Crippen molar-refractivity contribution in [2.24, 2.45) is 0 Å². The van der Waals surface area contributed by atoms with E-state index in [0.29, 0.717) is 5.69 Å². The Morgan fingerprint density at radius 1 is 1.13 bits per heavy atom.